The Kier molecular flexibility index (Phi) is 16.0. The number of carbonyl (C=O) groups excluding carboxylic acids is 2. The van der Waals surface area contributed by atoms with Crippen molar-refractivity contribution in [3.63, 3.8) is 0 Å². The Morgan fingerprint density at radius 3 is 1.92 bits per heavy atom. The van der Waals surface area contributed by atoms with Crippen LogP contribution >= 0.6 is 8.53 Å². The quantitative estimate of drug-likeness (QED) is 0.0536. The van der Waals surface area contributed by atoms with E-state index in [0.29, 0.717) is 11.5 Å². The van der Waals surface area contributed by atoms with Gasteiger partial charge in [0.15, 0.2) is 14.5 Å². The van der Waals surface area contributed by atoms with Crippen molar-refractivity contribution in [1.29, 1.82) is 5.26 Å². The molecule has 2 aliphatic heterocycles. The molecule has 3 amide bonds. The topological polar surface area (TPSA) is 141 Å². The van der Waals surface area contributed by atoms with Gasteiger partial charge in [0.1, 0.15) is 35.4 Å². The number of imide groups is 1. The summed E-state index contributed by atoms with van der Waals surface area (Å²) in [5.74, 6) is 1.04. The summed E-state index contributed by atoms with van der Waals surface area (Å²) in [5.41, 5.74) is 1.35. The van der Waals surface area contributed by atoms with Crippen LogP contribution in [0.25, 0.3) is 0 Å². The van der Waals surface area contributed by atoms with E-state index in [2.05, 4.69) is 77.6 Å². The van der Waals surface area contributed by atoms with E-state index in [0.717, 1.165) is 16.7 Å². The molecule has 1 N–H and O–H groups in total. The van der Waals surface area contributed by atoms with Crippen molar-refractivity contribution >= 4 is 28.8 Å². The molecule has 326 valence electrons. The van der Waals surface area contributed by atoms with Crippen LogP contribution in [-0.2, 0) is 33.3 Å². The number of amides is 3. The Labute approximate surface area is 358 Å². The summed E-state index contributed by atoms with van der Waals surface area (Å²) in [4.78, 5) is 27.7. The average molecular weight is 863 g/mol. The van der Waals surface area contributed by atoms with Gasteiger partial charge in [-0.05, 0) is 86.8 Å². The summed E-state index contributed by atoms with van der Waals surface area (Å²) in [7, 11) is -1.15. The van der Waals surface area contributed by atoms with E-state index in [1.54, 1.807) is 14.2 Å². The lowest BCUT2D eigenvalue weighted by atomic mass is 9.80. The lowest BCUT2D eigenvalue weighted by Crippen LogP contribution is -2.59. The second kappa shape index (κ2) is 20.3. The summed E-state index contributed by atoms with van der Waals surface area (Å²) in [6.45, 7) is 19.4. The first kappa shape index (κ1) is 47.2. The van der Waals surface area contributed by atoms with Gasteiger partial charge in [-0.15, -0.1) is 0 Å². The van der Waals surface area contributed by atoms with Gasteiger partial charge in [0.2, 0.25) is 5.91 Å². The predicted octanol–water partition coefficient (Wildman–Crippen LogP) is 8.73. The molecule has 2 saturated heterocycles. The molecular weight excluding hydrogens is 800 g/mol. The van der Waals surface area contributed by atoms with E-state index in [-0.39, 0.29) is 55.6 Å². The third-order valence-corrected chi connectivity index (χ3v) is 18.0. The Morgan fingerprint density at radius 2 is 1.43 bits per heavy atom. The van der Waals surface area contributed by atoms with Crippen molar-refractivity contribution in [2.24, 2.45) is 0 Å². The fourth-order valence-corrected chi connectivity index (χ4v) is 10.4. The Morgan fingerprint density at radius 1 is 0.883 bits per heavy atom. The van der Waals surface area contributed by atoms with Crippen LogP contribution in [0.3, 0.4) is 0 Å². The molecule has 2 aliphatic rings. The SMILES string of the molecule is COc1ccc(C(OC[C@H]2O[C@@H](N3CCC(=O)NC3=O)[C@H](O[Si](C)(C)C(C)(C)C)[C@@H]2OP(OCCC#N)N(C(C)C)C(C)C)(c2ccccc2)c2ccc(OC)cc2)cc1. The molecular formula is C45H63N4O9PSi. The highest BCUT2D eigenvalue weighted by atomic mass is 31.2. The molecule has 0 spiro atoms. The summed E-state index contributed by atoms with van der Waals surface area (Å²) in [5, 5.41) is 11.8. The van der Waals surface area contributed by atoms with Gasteiger partial charge in [0.25, 0.3) is 8.53 Å². The molecule has 0 bridgehead atoms. The number of nitrogens with one attached hydrogen (secondary N) is 1. The molecule has 15 heteroatoms. The van der Waals surface area contributed by atoms with Gasteiger partial charge in [0.05, 0.1) is 39.9 Å². The minimum Gasteiger partial charge on any atom is -0.497 e. The highest BCUT2D eigenvalue weighted by molar-refractivity contribution is 7.44. The lowest BCUT2D eigenvalue weighted by molar-refractivity contribution is -0.127. The van der Waals surface area contributed by atoms with Crippen LogP contribution < -0.4 is 14.8 Å². The number of ether oxygens (including phenoxy) is 4. The first-order valence-corrected chi connectivity index (χ1v) is 24.7. The fourth-order valence-electron chi connectivity index (χ4n) is 7.36. The van der Waals surface area contributed by atoms with Crippen LogP contribution in [0.1, 0.15) is 78.0 Å². The zero-order valence-corrected chi connectivity index (χ0v) is 38.9. The number of benzene rings is 3. The van der Waals surface area contributed by atoms with E-state index in [9.17, 15) is 14.9 Å². The monoisotopic (exact) mass is 862 g/mol. The molecule has 5 atom stereocenters. The molecule has 60 heavy (non-hydrogen) atoms. The highest BCUT2D eigenvalue weighted by Gasteiger charge is 2.56. The van der Waals surface area contributed by atoms with Crippen molar-refractivity contribution < 1.29 is 42.0 Å². The van der Waals surface area contributed by atoms with E-state index < -0.39 is 53.0 Å². The van der Waals surface area contributed by atoms with Crippen molar-refractivity contribution in [2.45, 2.75) is 122 Å². The number of nitriles is 1. The van der Waals surface area contributed by atoms with Gasteiger partial charge in [-0.2, -0.15) is 5.26 Å². The van der Waals surface area contributed by atoms with Gasteiger partial charge < -0.3 is 32.4 Å². The fraction of sp³-hybridized carbons (Fsp3) is 0.533. The van der Waals surface area contributed by atoms with Gasteiger partial charge in [0, 0.05) is 25.0 Å². The molecule has 2 heterocycles. The maximum atomic E-state index is 13.7. The number of hydrogen-bond donors (Lipinski definition) is 1. The molecule has 0 aliphatic carbocycles. The number of carbonyl (C=O) groups is 2. The first-order chi connectivity index (χ1) is 28.5. The standard InChI is InChI=1S/C45H63N4O9PSi/c1-31(2)49(32(3)4)59(55-29-15-27-46)57-40-38(56-42(48-28-26-39(50)47-43(48)51)41(40)58-60(10,11)44(5,6)7)30-54-45(33-16-13-12-14-17-33,34-18-22-36(52-8)23-19-34)35-20-24-37(53-9)25-21-35/h12-14,16-25,31-32,38,40-42H,15,26,28-30H2,1-11H3,(H,47,50,51)/t38-,40-,41-,42-,59?/m1/s1. The molecule has 3 aromatic rings. The Bertz CT molecular complexity index is 1850. The van der Waals surface area contributed by atoms with Crippen molar-refractivity contribution in [3.05, 3.63) is 95.6 Å². The number of nitrogens with zero attached hydrogens (tertiary/aromatic N) is 3. The molecule has 0 radical (unpaired) electrons. The van der Waals surface area contributed by atoms with Crippen molar-refractivity contribution in [2.75, 3.05) is 34.0 Å². The molecule has 0 saturated carbocycles. The number of hydrogen-bond acceptors (Lipinski definition) is 11. The average Bonchev–Trinajstić information content (AvgIpc) is 3.53. The third-order valence-electron chi connectivity index (χ3n) is 11.4. The van der Waals surface area contributed by atoms with Crippen LogP contribution in [0.15, 0.2) is 78.9 Å². The highest BCUT2D eigenvalue weighted by Crippen LogP contribution is 2.52. The van der Waals surface area contributed by atoms with E-state index in [1.807, 2.05) is 78.9 Å². The van der Waals surface area contributed by atoms with Crippen molar-refractivity contribution in [1.82, 2.24) is 14.9 Å². The molecule has 2 fully saturated rings. The summed E-state index contributed by atoms with van der Waals surface area (Å²) in [6.07, 6.45) is -3.12. The summed E-state index contributed by atoms with van der Waals surface area (Å²) >= 11 is 0. The summed E-state index contributed by atoms with van der Waals surface area (Å²) < 4.78 is 48.8. The lowest BCUT2D eigenvalue weighted by Gasteiger charge is -2.43. The molecule has 3 aromatic carbocycles. The number of methoxy groups -OCH3 is 2. The zero-order valence-electron chi connectivity index (χ0n) is 37.0. The maximum Gasteiger partial charge on any atom is 0.326 e. The van der Waals surface area contributed by atoms with Crippen LogP contribution in [-0.4, -0.2) is 100 Å². The van der Waals surface area contributed by atoms with Crippen LogP contribution in [0.2, 0.25) is 18.1 Å². The Hall–Kier alpha value is -3.90. The second-order valence-corrected chi connectivity index (χ2v) is 23.3. The number of urea groups is 1. The van der Waals surface area contributed by atoms with E-state index >= 15 is 0 Å². The van der Waals surface area contributed by atoms with Crippen LogP contribution in [0, 0.1) is 11.3 Å². The van der Waals surface area contributed by atoms with E-state index in [4.69, 9.17) is 32.4 Å². The predicted molar refractivity (Wildman–Crippen MR) is 234 cm³/mol. The minimum atomic E-state index is -2.61. The van der Waals surface area contributed by atoms with Gasteiger partial charge in [-0.1, -0.05) is 75.4 Å². The maximum absolute atomic E-state index is 13.7. The van der Waals surface area contributed by atoms with E-state index in [1.165, 1.54) is 4.90 Å². The second-order valence-electron chi connectivity index (χ2n) is 17.1. The summed E-state index contributed by atoms with van der Waals surface area (Å²) in [6, 6.07) is 27.2. The number of rotatable bonds is 19. The normalized spacial score (nSPS) is 20.7. The van der Waals surface area contributed by atoms with Gasteiger partial charge in [-0.25, -0.2) is 9.46 Å². The van der Waals surface area contributed by atoms with Crippen molar-refractivity contribution in [3.8, 4) is 17.6 Å². The van der Waals surface area contributed by atoms with Gasteiger partial charge >= 0.3 is 6.03 Å². The smallest absolute Gasteiger partial charge is 0.326 e. The van der Waals surface area contributed by atoms with Crippen LogP contribution in [0.5, 0.6) is 11.5 Å². The molecule has 1 unspecified atom stereocenters. The van der Waals surface area contributed by atoms with Crippen LogP contribution in [0.4, 0.5) is 4.79 Å². The molecule has 0 aromatic heterocycles. The van der Waals surface area contributed by atoms with Gasteiger partial charge in [-0.3, -0.25) is 15.0 Å². The third kappa shape index (κ3) is 10.6. The zero-order chi connectivity index (χ0) is 43.8. The molecule has 13 nitrogen and oxygen atoms in total. The minimum absolute atomic E-state index is 0.0144. The largest absolute Gasteiger partial charge is 0.497 e. The molecule has 5 rings (SSSR count). The first-order valence-electron chi connectivity index (χ1n) is 20.6. The Balaban J connectivity index is 1.70.